The maximum absolute atomic E-state index is 5.88. The van der Waals surface area contributed by atoms with E-state index in [0.29, 0.717) is 12.5 Å². The number of anilines is 1. The molecule has 1 aromatic rings. The minimum Gasteiger partial charge on any atom is -0.476 e. The largest absolute Gasteiger partial charge is 0.476 e. The van der Waals surface area contributed by atoms with Crippen LogP contribution in [0.5, 0.6) is 5.88 Å². The Balaban J connectivity index is 2.88. The highest BCUT2D eigenvalue weighted by Crippen LogP contribution is 2.20. The van der Waals surface area contributed by atoms with Crippen LogP contribution in [-0.2, 0) is 0 Å². The quantitative estimate of drug-likeness (QED) is 0.832. The van der Waals surface area contributed by atoms with E-state index in [9.17, 15) is 0 Å². The second kappa shape index (κ2) is 6.88. The predicted molar refractivity (Wildman–Crippen MR) is 83.5 cm³/mol. The molecule has 1 rings (SSSR count). The number of nitrogens with zero attached hydrogens (tertiary/aromatic N) is 3. The first-order valence-corrected chi connectivity index (χ1v) is 7.19. The topological polar surface area (TPSA) is 50.3 Å². The maximum atomic E-state index is 5.88. The van der Waals surface area contributed by atoms with Crippen molar-refractivity contribution in [1.29, 1.82) is 0 Å². The fourth-order valence-electron chi connectivity index (χ4n) is 1.43. The molecule has 0 unspecified atom stereocenters. The number of nitrogens with one attached hydrogen (secondary N) is 1. The standard InChI is InChI=1S/C15H28N4O/c1-8-16-12-9-13(18-14(17-12)11(2)3)20-10-15(4,5)19(6)7/h9,11H,8,10H2,1-7H3,(H,16,17,18). The summed E-state index contributed by atoms with van der Waals surface area (Å²) in [5.74, 6) is 2.54. The molecule has 20 heavy (non-hydrogen) atoms. The summed E-state index contributed by atoms with van der Waals surface area (Å²) in [5, 5.41) is 3.22. The van der Waals surface area contributed by atoms with Gasteiger partial charge in [0.1, 0.15) is 18.2 Å². The maximum Gasteiger partial charge on any atom is 0.218 e. The van der Waals surface area contributed by atoms with Gasteiger partial charge in [0.2, 0.25) is 5.88 Å². The van der Waals surface area contributed by atoms with Gasteiger partial charge in [-0.05, 0) is 34.9 Å². The van der Waals surface area contributed by atoms with E-state index in [0.717, 1.165) is 18.2 Å². The van der Waals surface area contributed by atoms with Crippen LogP contribution in [0.2, 0.25) is 0 Å². The Hall–Kier alpha value is -1.36. The molecule has 0 fully saturated rings. The third-order valence-electron chi connectivity index (χ3n) is 3.38. The van der Waals surface area contributed by atoms with Crippen molar-refractivity contribution in [3.05, 3.63) is 11.9 Å². The molecule has 0 saturated heterocycles. The van der Waals surface area contributed by atoms with Crippen LogP contribution in [0.3, 0.4) is 0 Å². The zero-order valence-electron chi connectivity index (χ0n) is 13.8. The van der Waals surface area contributed by atoms with Crippen molar-refractivity contribution >= 4 is 5.82 Å². The van der Waals surface area contributed by atoms with Crippen LogP contribution in [0.1, 0.15) is 46.4 Å². The molecular formula is C15H28N4O. The van der Waals surface area contributed by atoms with Gasteiger partial charge in [-0.3, -0.25) is 0 Å². The van der Waals surface area contributed by atoms with Crippen molar-refractivity contribution in [3.8, 4) is 5.88 Å². The molecule has 0 bridgehead atoms. The summed E-state index contributed by atoms with van der Waals surface area (Å²) in [6, 6.07) is 1.86. The van der Waals surface area contributed by atoms with Crippen LogP contribution in [0, 0.1) is 0 Å². The molecule has 114 valence electrons. The normalized spacial score (nSPS) is 12.1. The molecule has 0 aliphatic heterocycles. The van der Waals surface area contributed by atoms with Gasteiger partial charge in [0, 0.05) is 24.1 Å². The summed E-state index contributed by atoms with van der Waals surface area (Å²) >= 11 is 0. The molecule has 0 aliphatic rings. The molecule has 1 N–H and O–H groups in total. The third-order valence-corrected chi connectivity index (χ3v) is 3.38. The van der Waals surface area contributed by atoms with Crippen LogP contribution in [0.4, 0.5) is 5.82 Å². The average Bonchev–Trinajstić information content (AvgIpc) is 2.36. The first kappa shape index (κ1) is 16.7. The molecule has 0 saturated carbocycles. The number of hydrogen-bond donors (Lipinski definition) is 1. The van der Waals surface area contributed by atoms with Crippen molar-refractivity contribution in [2.45, 2.75) is 46.1 Å². The smallest absolute Gasteiger partial charge is 0.218 e. The highest BCUT2D eigenvalue weighted by atomic mass is 16.5. The van der Waals surface area contributed by atoms with E-state index in [4.69, 9.17) is 4.74 Å². The molecule has 5 heteroatoms. The Labute approximate surface area is 122 Å². The SMILES string of the molecule is CCNc1cc(OCC(C)(C)N(C)C)nc(C(C)C)n1. The summed E-state index contributed by atoms with van der Waals surface area (Å²) in [4.78, 5) is 11.1. The lowest BCUT2D eigenvalue weighted by Crippen LogP contribution is -2.43. The molecule has 0 aromatic carbocycles. The molecular weight excluding hydrogens is 252 g/mol. The molecule has 0 spiro atoms. The van der Waals surface area contributed by atoms with Crippen molar-refractivity contribution in [2.24, 2.45) is 0 Å². The number of likely N-dealkylation sites (N-methyl/N-ethyl adjacent to an activating group) is 1. The van der Waals surface area contributed by atoms with Gasteiger partial charge in [0.05, 0.1) is 0 Å². The second-order valence-corrected chi connectivity index (χ2v) is 6.13. The molecule has 0 radical (unpaired) electrons. The molecule has 5 nitrogen and oxygen atoms in total. The van der Waals surface area contributed by atoms with Crippen molar-refractivity contribution < 1.29 is 4.74 Å². The summed E-state index contributed by atoms with van der Waals surface area (Å²) in [6.07, 6.45) is 0. The Morgan fingerprint density at radius 2 is 1.95 bits per heavy atom. The van der Waals surface area contributed by atoms with Gasteiger partial charge in [0.15, 0.2) is 0 Å². The first-order chi connectivity index (χ1) is 9.26. The van der Waals surface area contributed by atoms with Gasteiger partial charge in [-0.1, -0.05) is 13.8 Å². The van der Waals surface area contributed by atoms with E-state index in [-0.39, 0.29) is 11.5 Å². The van der Waals surface area contributed by atoms with E-state index < -0.39 is 0 Å². The lowest BCUT2D eigenvalue weighted by Gasteiger charge is -2.32. The van der Waals surface area contributed by atoms with Gasteiger partial charge >= 0.3 is 0 Å². The Morgan fingerprint density at radius 3 is 2.45 bits per heavy atom. The lowest BCUT2D eigenvalue weighted by atomic mass is 10.1. The van der Waals surface area contributed by atoms with Crippen LogP contribution < -0.4 is 10.1 Å². The number of ether oxygens (including phenoxy) is 1. The zero-order chi connectivity index (χ0) is 15.3. The lowest BCUT2D eigenvalue weighted by molar-refractivity contribution is 0.111. The van der Waals surface area contributed by atoms with Gasteiger partial charge < -0.3 is 15.0 Å². The Morgan fingerprint density at radius 1 is 1.30 bits per heavy atom. The van der Waals surface area contributed by atoms with Gasteiger partial charge in [-0.25, -0.2) is 4.98 Å². The summed E-state index contributed by atoms with van der Waals surface area (Å²) in [7, 11) is 4.10. The number of hydrogen-bond acceptors (Lipinski definition) is 5. The second-order valence-electron chi connectivity index (χ2n) is 6.13. The number of rotatable bonds is 7. The molecule has 1 aromatic heterocycles. The van der Waals surface area contributed by atoms with Crippen LogP contribution in [0.15, 0.2) is 6.07 Å². The molecule has 1 heterocycles. The average molecular weight is 280 g/mol. The molecule has 0 amide bonds. The fourth-order valence-corrected chi connectivity index (χ4v) is 1.43. The zero-order valence-corrected chi connectivity index (χ0v) is 13.8. The monoisotopic (exact) mass is 280 g/mol. The highest BCUT2D eigenvalue weighted by Gasteiger charge is 2.22. The fraction of sp³-hybridized carbons (Fsp3) is 0.733. The highest BCUT2D eigenvalue weighted by molar-refractivity contribution is 5.38. The van der Waals surface area contributed by atoms with Crippen LogP contribution in [0.25, 0.3) is 0 Å². The Bertz CT molecular complexity index is 430. The number of aromatic nitrogens is 2. The van der Waals surface area contributed by atoms with Crippen molar-refractivity contribution in [1.82, 2.24) is 14.9 Å². The third kappa shape index (κ3) is 4.63. The Kier molecular flexibility index (Phi) is 5.74. The summed E-state index contributed by atoms with van der Waals surface area (Å²) in [5.41, 5.74) is -0.0404. The first-order valence-electron chi connectivity index (χ1n) is 7.19. The molecule has 0 aliphatic carbocycles. The molecule has 0 atom stereocenters. The van der Waals surface area contributed by atoms with E-state index in [1.54, 1.807) is 0 Å². The van der Waals surface area contributed by atoms with E-state index in [1.807, 2.05) is 27.1 Å². The summed E-state index contributed by atoms with van der Waals surface area (Å²) in [6.45, 7) is 11.9. The van der Waals surface area contributed by atoms with Gasteiger partial charge in [-0.2, -0.15) is 4.98 Å². The minimum atomic E-state index is -0.0404. The van der Waals surface area contributed by atoms with Gasteiger partial charge in [0.25, 0.3) is 0 Å². The van der Waals surface area contributed by atoms with Gasteiger partial charge in [-0.15, -0.1) is 0 Å². The van der Waals surface area contributed by atoms with E-state index >= 15 is 0 Å². The van der Waals surface area contributed by atoms with Crippen molar-refractivity contribution in [2.75, 3.05) is 32.6 Å². The van der Waals surface area contributed by atoms with Crippen LogP contribution >= 0.6 is 0 Å². The summed E-state index contributed by atoms with van der Waals surface area (Å²) < 4.78 is 5.88. The van der Waals surface area contributed by atoms with Crippen molar-refractivity contribution in [3.63, 3.8) is 0 Å². The van der Waals surface area contributed by atoms with Crippen LogP contribution in [-0.4, -0.2) is 47.7 Å². The van der Waals surface area contributed by atoms with E-state index in [1.165, 1.54) is 0 Å². The minimum absolute atomic E-state index is 0.0404. The predicted octanol–water partition coefficient (Wildman–Crippen LogP) is 2.75. The van der Waals surface area contributed by atoms with E-state index in [2.05, 4.69) is 47.9 Å².